The van der Waals surface area contributed by atoms with E-state index in [0.717, 1.165) is 30.5 Å². The first-order chi connectivity index (χ1) is 11.7. The van der Waals surface area contributed by atoms with E-state index >= 15 is 0 Å². The van der Waals surface area contributed by atoms with Gasteiger partial charge in [0, 0.05) is 29.8 Å². The maximum absolute atomic E-state index is 12.5. The monoisotopic (exact) mass is 389 g/mol. The average molecular weight is 390 g/mol. The van der Waals surface area contributed by atoms with Crippen LogP contribution in [0.5, 0.6) is 11.6 Å². The van der Waals surface area contributed by atoms with Gasteiger partial charge in [0.25, 0.3) is 5.91 Å². The molecule has 0 aliphatic carbocycles. The third-order valence-corrected chi connectivity index (χ3v) is 4.61. The van der Waals surface area contributed by atoms with Gasteiger partial charge in [0.1, 0.15) is 5.75 Å². The molecule has 0 bridgehead atoms. The molecule has 2 heterocycles. The van der Waals surface area contributed by atoms with Crippen molar-refractivity contribution in [2.45, 2.75) is 6.42 Å². The molecule has 24 heavy (non-hydrogen) atoms. The average Bonchev–Trinajstić information content (AvgIpc) is 3.06. The van der Waals surface area contributed by atoms with E-state index in [-0.39, 0.29) is 5.91 Å². The normalized spacial score (nSPS) is 17.1. The molecule has 0 saturated carbocycles. The lowest BCUT2D eigenvalue weighted by Gasteiger charge is -2.16. The van der Waals surface area contributed by atoms with Crippen molar-refractivity contribution in [3.8, 4) is 11.6 Å². The topological polar surface area (TPSA) is 54.5 Å². The maximum Gasteiger partial charge on any atom is 0.255 e. The van der Waals surface area contributed by atoms with Gasteiger partial charge in [0.15, 0.2) is 0 Å². The molecule has 6 heteroatoms. The van der Waals surface area contributed by atoms with Crippen LogP contribution in [-0.2, 0) is 0 Å². The van der Waals surface area contributed by atoms with Crippen molar-refractivity contribution in [2.24, 2.45) is 5.92 Å². The molecule has 2 aromatic rings. The number of rotatable bonds is 5. The molecular formula is C18H20BrN3O2. The summed E-state index contributed by atoms with van der Waals surface area (Å²) < 4.78 is 6.67. The molecule has 0 spiro atoms. The summed E-state index contributed by atoms with van der Waals surface area (Å²) in [6.07, 6.45) is 2.63. The summed E-state index contributed by atoms with van der Waals surface area (Å²) in [5.74, 6) is 1.76. The van der Waals surface area contributed by atoms with Crippen molar-refractivity contribution in [1.29, 1.82) is 0 Å². The van der Waals surface area contributed by atoms with Crippen LogP contribution in [0.15, 0.2) is 47.1 Å². The molecule has 1 N–H and O–H groups in total. The molecule has 3 rings (SSSR count). The number of pyridine rings is 1. The molecule has 1 aliphatic rings. The Kier molecular flexibility index (Phi) is 5.48. The third kappa shape index (κ3) is 4.13. The number of aromatic nitrogens is 1. The molecule has 126 valence electrons. The summed E-state index contributed by atoms with van der Waals surface area (Å²) in [7, 11) is 1.94. The van der Waals surface area contributed by atoms with Gasteiger partial charge < -0.3 is 15.0 Å². The Morgan fingerprint density at radius 2 is 2.12 bits per heavy atom. The molecule has 1 amide bonds. The van der Waals surface area contributed by atoms with Gasteiger partial charge in [-0.25, -0.2) is 4.98 Å². The van der Waals surface area contributed by atoms with Crippen molar-refractivity contribution in [2.75, 3.05) is 26.7 Å². The highest BCUT2D eigenvalue weighted by Crippen LogP contribution is 2.23. The quantitative estimate of drug-likeness (QED) is 0.851. The molecule has 0 unspecified atom stereocenters. The summed E-state index contributed by atoms with van der Waals surface area (Å²) in [6.45, 7) is 2.56. The summed E-state index contributed by atoms with van der Waals surface area (Å²) >= 11 is 3.39. The van der Waals surface area contributed by atoms with Crippen LogP contribution in [0.2, 0.25) is 0 Å². The highest BCUT2D eigenvalue weighted by molar-refractivity contribution is 9.10. The van der Waals surface area contributed by atoms with E-state index < -0.39 is 0 Å². The van der Waals surface area contributed by atoms with E-state index in [1.165, 1.54) is 0 Å². The van der Waals surface area contributed by atoms with Gasteiger partial charge in [-0.1, -0.05) is 15.9 Å². The molecule has 1 aromatic carbocycles. The number of nitrogens with zero attached hydrogens (tertiary/aromatic N) is 2. The SMILES string of the molecule is CNC[C@H]1CCN(C(=O)c2ccc(Oc3ccc(Br)cc3)nc2)C1. The van der Waals surface area contributed by atoms with Crippen LogP contribution in [0.3, 0.4) is 0 Å². The fourth-order valence-corrected chi connectivity index (χ4v) is 3.11. The van der Waals surface area contributed by atoms with E-state index in [9.17, 15) is 4.79 Å². The first-order valence-electron chi connectivity index (χ1n) is 7.99. The maximum atomic E-state index is 12.5. The minimum Gasteiger partial charge on any atom is -0.439 e. The van der Waals surface area contributed by atoms with Crippen molar-refractivity contribution >= 4 is 21.8 Å². The molecule has 1 saturated heterocycles. The lowest BCUT2D eigenvalue weighted by Crippen LogP contribution is -2.30. The van der Waals surface area contributed by atoms with Gasteiger partial charge in [-0.15, -0.1) is 0 Å². The fourth-order valence-electron chi connectivity index (χ4n) is 2.85. The zero-order valence-corrected chi connectivity index (χ0v) is 15.1. The summed E-state index contributed by atoms with van der Waals surface area (Å²) in [4.78, 5) is 18.7. The Morgan fingerprint density at radius 1 is 1.33 bits per heavy atom. The van der Waals surface area contributed by atoms with E-state index in [1.54, 1.807) is 18.3 Å². The van der Waals surface area contributed by atoms with Crippen molar-refractivity contribution < 1.29 is 9.53 Å². The number of halogens is 1. The molecule has 1 atom stereocenters. The third-order valence-electron chi connectivity index (χ3n) is 4.09. The van der Waals surface area contributed by atoms with Crippen LogP contribution in [-0.4, -0.2) is 42.5 Å². The number of amides is 1. The number of ether oxygens (including phenoxy) is 1. The molecule has 1 aliphatic heterocycles. The lowest BCUT2D eigenvalue weighted by atomic mass is 10.1. The Labute approximate surface area is 150 Å². The highest BCUT2D eigenvalue weighted by Gasteiger charge is 2.26. The van der Waals surface area contributed by atoms with Crippen molar-refractivity contribution in [3.05, 3.63) is 52.6 Å². The van der Waals surface area contributed by atoms with Crippen molar-refractivity contribution in [3.63, 3.8) is 0 Å². The number of carbonyl (C=O) groups excluding carboxylic acids is 1. The number of likely N-dealkylation sites (tertiary alicyclic amines) is 1. The number of hydrogen-bond donors (Lipinski definition) is 1. The van der Waals surface area contributed by atoms with Gasteiger partial charge in [0.2, 0.25) is 5.88 Å². The Bertz CT molecular complexity index is 688. The Morgan fingerprint density at radius 3 is 2.79 bits per heavy atom. The number of benzene rings is 1. The number of nitrogens with one attached hydrogen (secondary N) is 1. The highest BCUT2D eigenvalue weighted by atomic mass is 79.9. The van der Waals surface area contributed by atoms with Crippen LogP contribution in [0.1, 0.15) is 16.8 Å². The first-order valence-corrected chi connectivity index (χ1v) is 8.78. The van der Waals surface area contributed by atoms with E-state index in [2.05, 4.69) is 26.2 Å². The van der Waals surface area contributed by atoms with Crippen molar-refractivity contribution in [1.82, 2.24) is 15.2 Å². The summed E-state index contributed by atoms with van der Waals surface area (Å²) in [5.41, 5.74) is 0.600. The molecular weight excluding hydrogens is 370 g/mol. The molecule has 1 fully saturated rings. The second-order valence-electron chi connectivity index (χ2n) is 5.90. The van der Waals surface area contributed by atoms with Crippen LogP contribution in [0, 0.1) is 5.92 Å². The minimum absolute atomic E-state index is 0.0382. The zero-order valence-electron chi connectivity index (χ0n) is 13.5. The van der Waals surface area contributed by atoms with Crippen LogP contribution in [0.25, 0.3) is 0 Å². The Hall–Kier alpha value is -1.92. The second kappa shape index (κ2) is 7.77. The lowest BCUT2D eigenvalue weighted by molar-refractivity contribution is 0.0786. The standard InChI is InChI=1S/C18H20BrN3O2/c1-20-10-13-8-9-22(12-13)18(23)14-2-7-17(21-11-14)24-16-5-3-15(19)4-6-16/h2-7,11,13,20H,8-10,12H2,1H3/t13-/m1/s1. The predicted octanol–water partition coefficient (Wildman–Crippen LogP) is 3.32. The zero-order chi connectivity index (χ0) is 16.9. The van der Waals surface area contributed by atoms with Crippen LogP contribution >= 0.6 is 15.9 Å². The number of hydrogen-bond acceptors (Lipinski definition) is 4. The number of carbonyl (C=O) groups is 1. The minimum atomic E-state index is 0.0382. The van der Waals surface area contributed by atoms with E-state index in [0.29, 0.717) is 23.1 Å². The van der Waals surface area contributed by atoms with Gasteiger partial charge in [-0.05, 0) is 56.3 Å². The fraction of sp³-hybridized carbons (Fsp3) is 0.333. The van der Waals surface area contributed by atoms with Gasteiger partial charge in [-0.2, -0.15) is 0 Å². The van der Waals surface area contributed by atoms with E-state index in [1.807, 2.05) is 36.2 Å². The first kappa shape index (κ1) is 16.9. The van der Waals surface area contributed by atoms with Crippen LogP contribution in [0.4, 0.5) is 0 Å². The molecule has 5 nitrogen and oxygen atoms in total. The Balaban J connectivity index is 1.62. The summed E-state index contributed by atoms with van der Waals surface area (Å²) in [6, 6.07) is 11.0. The summed E-state index contributed by atoms with van der Waals surface area (Å²) in [5, 5.41) is 3.17. The van der Waals surface area contributed by atoms with Gasteiger partial charge >= 0.3 is 0 Å². The van der Waals surface area contributed by atoms with Gasteiger partial charge in [0.05, 0.1) is 5.56 Å². The van der Waals surface area contributed by atoms with Crippen LogP contribution < -0.4 is 10.1 Å². The smallest absolute Gasteiger partial charge is 0.255 e. The molecule has 0 radical (unpaired) electrons. The van der Waals surface area contributed by atoms with E-state index in [4.69, 9.17) is 4.74 Å². The largest absolute Gasteiger partial charge is 0.439 e. The molecule has 1 aromatic heterocycles. The predicted molar refractivity (Wildman–Crippen MR) is 96.4 cm³/mol. The second-order valence-corrected chi connectivity index (χ2v) is 6.82. The van der Waals surface area contributed by atoms with Gasteiger partial charge in [-0.3, -0.25) is 4.79 Å².